The Bertz CT molecular complexity index is 559. The lowest BCUT2D eigenvalue weighted by atomic mass is 9.86. The first-order chi connectivity index (χ1) is 16.2. The zero-order chi connectivity index (χ0) is 25.9. The van der Waals surface area contributed by atoms with Crippen LogP contribution in [0.5, 0.6) is 0 Å². The van der Waals surface area contributed by atoms with Crippen molar-refractivity contribution in [2.75, 3.05) is 19.6 Å². The summed E-state index contributed by atoms with van der Waals surface area (Å²) in [6.07, 6.45) is 12.5. The van der Waals surface area contributed by atoms with E-state index >= 15 is 0 Å². The average Bonchev–Trinajstić information content (AvgIpc) is 3.14. The molecule has 0 aromatic carbocycles. The Kier molecular flexibility index (Phi) is 18.7. The molecule has 2 fully saturated rings. The minimum Gasteiger partial charge on any atom is -0.368 e. The molecule has 0 aromatic rings. The molecule has 7 heteroatoms. The van der Waals surface area contributed by atoms with E-state index in [1.807, 2.05) is 6.92 Å². The molecule has 1 aliphatic carbocycles. The van der Waals surface area contributed by atoms with Crippen LogP contribution in [0, 0.1) is 11.8 Å². The first-order valence-electron chi connectivity index (χ1n) is 13.8. The van der Waals surface area contributed by atoms with E-state index in [9.17, 15) is 14.4 Å². The maximum Gasteiger partial charge on any atom is 0.243 e. The van der Waals surface area contributed by atoms with Gasteiger partial charge in [-0.15, -0.1) is 0 Å². The van der Waals surface area contributed by atoms with Gasteiger partial charge in [0.15, 0.2) is 0 Å². The number of nitrogens with two attached hydrogens (primary N) is 1. The van der Waals surface area contributed by atoms with E-state index in [0.29, 0.717) is 13.0 Å². The van der Waals surface area contributed by atoms with Gasteiger partial charge in [0.05, 0.1) is 12.6 Å². The number of hydrogen-bond acceptors (Lipinski definition) is 4. The maximum atomic E-state index is 12.8. The molecular formula is C27H54N4O3. The van der Waals surface area contributed by atoms with E-state index in [1.165, 1.54) is 44.9 Å². The number of likely N-dealkylation sites (tertiary alicyclic amines) is 1. The largest absolute Gasteiger partial charge is 0.368 e. The Morgan fingerprint density at radius 3 is 2.18 bits per heavy atom. The van der Waals surface area contributed by atoms with Crippen LogP contribution in [0.3, 0.4) is 0 Å². The Morgan fingerprint density at radius 1 is 1.06 bits per heavy atom. The minimum absolute atomic E-state index is 0.000316. The highest BCUT2D eigenvalue weighted by atomic mass is 16.2. The molecule has 0 bridgehead atoms. The van der Waals surface area contributed by atoms with Crippen molar-refractivity contribution in [2.24, 2.45) is 17.6 Å². The highest BCUT2D eigenvalue weighted by molar-refractivity contribution is 5.92. The van der Waals surface area contributed by atoms with E-state index in [0.717, 1.165) is 37.6 Å². The molecule has 7 nitrogen and oxygen atoms in total. The van der Waals surface area contributed by atoms with Gasteiger partial charge in [-0.3, -0.25) is 14.4 Å². The molecule has 4 N–H and O–H groups in total. The number of nitrogens with one attached hydrogen (secondary N) is 2. The summed E-state index contributed by atoms with van der Waals surface area (Å²) in [6.45, 7) is 14.0. The third kappa shape index (κ3) is 14.6. The molecule has 1 aliphatic heterocycles. The lowest BCUT2D eigenvalue weighted by Crippen LogP contribution is -2.51. The first kappa shape index (κ1) is 32.4. The van der Waals surface area contributed by atoms with Crippen LogP contribution < -0.4 is 16.4 Å². The molecule has 0 aromatic heterocycles. The van der Waals surface area contributed by atoms with Gasteiger partial charge >= 0.3 is 0 Å². The van der Waals surface area contributed by atoms with Crippen LogP contribution >= 0.6 is 0 Å². The van der Waals surface area contributed by atoms with Crippen LogP contribution in [-0.2, 0) is 14.4 Å². The SMILES string of the molecule is CC(C)C.CCC.CCC[C@@H](C(=O)NCC(N)=O)N1CC[C@@H](NCCCC2CCCCC2)C1=O. The van der Waals surface area contributed by atoms with Crippen LogP contribution in [0.15, 0.2) is 0 Å². The lowest BCUT2D eigenvalue weighted by Gasteiger charge is -2.27. The zero-order valence-electron chi connectivity index (χ0n) is 23.0. The molecule has 0 unspecified atom stereocenters. The van der Waals surface area contributed by atoms with Crippen molar-refractivity contribution >= 4 is 17.7 Å². The normalized spacial score (nSPS) is 19.1. The number of nitrogens with zero attached hydrogens (tertiary/aromatic N) is 1. The fraction of sp³-hybridized carbons (Fsp3) is 0.889. The summed E-state index contributed by atoms with van der Waals surface area (Å²) in [5.41, 5.74) is 5.10. The number of amides is 3. The third-order valence-electron chi connectivity index (χ3n) is 5.82. The molecule has 200 valence electrons. The summed E-state index contributed by atoms with van der Waals surface area (Å²) in [5.74, 6) is 0.824. The van der Waals surface area contributed by atoms with Gasteiger partial charge in [0.2, 0.25) is 17.7 Å². The van der Waals surface area contributed by atoms with Crippen LogP contribution in [0.1, 0.15) is 112 Å². The summed E-state index contributed by atoms with van der Waals surface area (Å²) < 4.78 is 0. The fourth-order valence-electron chi connectivity index (χ4n) is 4.34. The van der Waals surface area contributed by atoms with Gasteiger partial charge in [-0.2, -0.15) is 0 Å². The Balaban J connectivity index is 0.00000137. The van der Waals surface area contributed by atoms with E-state index in [2.05, 4.69) is 45.3 Å². The van der Waals surface area contributed by atoms with Crippen molar-refractivity contribution < 1.29 is 14.4 Å². The van der Waals surface area contributed by atoms with E-state index in [-0.39, 0.29) is 24.4 Å². The predicted octanol–water partition coefficient (Wildman–Crippen LogP) is 4.39. The highest BCUT2D eigenvalue weighted by Gasteiger charge is 2.38. The molecule has 0 spiro atoms. The van der Waals surface area contributed by atoms with Gasteiger partial charge in [-0.25, -0.2) is 0 Å². The molecule has 34 heavy (non-hydrogen) atoms. The number of carbonyl (C=O) groups excluding carboxylic acids is 3. The smallest absolute Gasteiger partial charge is 0.243 e. The monoisotopic (exact) mass is 482 g/mol. The maximum absolute atomic E-state index is 12.8. The van der Waals surface area contributed by atoms with Crippen molar-refractivity contribution in [1.82, 2.24) is 15.5 Å². The van der Waals surface area contributed by atoms with Crippen molar-refractivity contribution in [3.8, 4) is 0 Å². The number of carbonyl (C=O) groups is 3. The molecule has 0 radical (unpaired) electrons. The molecule has 1 heterocycles. The molecule has 3 amide bonds. The van der Waals surface area contributed by atoms with Crippen molar-refractivity contribution in [3.05, 3.63) is 0 Å². The van der Waals surface area contributed by atoms with Crippen molar-refractivity contribution in [2.45, 2.75) is 124 Å². The van der Waals surface area contributed by atoms with Crippen LogP contribution in [-0.4, -0.2) is 54.3 Å². The van der Waals surface area contributed by atoms with Crippen LogP contribution in [0.2, 0.25) is 0 Å². The van der Waals surface area contributed by atoms with Gasteiger partial charge in [-0.1, -0.05) is 86.5 Å². The number of hydrogen-bond donors (Lipinski definition) is 3. The van der Waals surface area contributed by atoms with Crippen LogP contribution in [0.25, 0.3) is 0 Å². The summed E-state index contributed by atoms with van der Waals surface area (Å²) in [6, 6.07) is -0.712. The Labute approximate surface area is 209 Å². The second-order valence-corrected chi connectivity index (χ2v) is 10.4. The summed E-state index contributed by atoms with van der Waals surface area (Å²) in [7, 11) is 0. The second-order valence-electron chi connectivity index (χ2n) is 10.4. The summed E-state index contributed by atoms with van der Waals surface area (Å²) in [4.78, 5) is 37.7. The summed E-state index contributed by atoms with van der Waals surface area (Å²) >= 11 is 0. The highest BCUT2D eigenvalue weighted by Crippen LogP contribution is 2.27. The molecule has 2 atom stereocenters. The van der Waals surface area contributed by atoms with Crippen molar-refractivity contribution in [3.63, 3.8) is 0 Å². The van der Waals surface area contributed by atoms with Gasteiger partial charge in [0, 0.05) is 6.54 Å². The Morgan fingerprint density at radius 2 is 1.65 bits per heavy atom. The van der Waals surface area contributed by atoms with Crippen molar-refractivity contribution in [1.29, 1.82) is 0 Å². The molecular weight excluding hydrogens is 428 g/mol. The van der Waals surface area contributed by atoms with Gasteiger partial charge in [0.1, 0.15) is 6.04 Å². The zero-order valence-corrected chi connectivity index (χ0v) is 23.0. The molecule has 1 saturated carbocycles. The van der Waals surface area contributed by atoms with Gasteiger partial charge in [-0.05, 0) is 44.1 Å². The third-order valence-corrected chi connectivity index (χ3v) is 5.82. The molecule has 2 rings (SSSR count). The Hall–Kier alpha value is -1.63. The topological polar surface area (TPSA) is 105 Å². The predicted molar refractivity (Wildman–Crippen MR) is 141 cm³/mol. The lowest BCUT2D eigenvalue weighted by molar-refractivity contribution is -0.139. The van der Waals surface area contributed by atoms with E-state index < -0.39 is 11.9 Å². The first-order valence-corrected chi connectivity index (χ1v) is 13.8. The molecule has 2 aliphatic rings. The quantitative estimate of drug-likeness (QED) is 0.380. The second kappa shape index (κ2) is 19.7. The number of rotatable bonds is 11. The van der Waals surface area contributed by atoms with Gasteiger partial charge in [0.25, 0.3) is 0 Å². The summed E-state index contributed by atoms with van der Waals surface area (Å²) in [5, 5.41) is 5.93. The standard InChI is InChI=1S/C20H36N4O3.C4H10.C3H8/c1-2-7-17(19(26)23-14-18(21)25)24-13-11-16(20(24)27)22-12-6-10-15-8-4-3-5-9-15;1-4(2)3;1-3-2/h15-17,22H,2-14H2,1H3,(H2,21,25)(H,23,26);4H,1-3H3;3H2,1-2H3/t16-,17+;;/m1../s1. The van der Waals surface area contributed by atoms with E-state index in [4.69, 9.17) is 5.73 Å². The van der Waals surface area contributed by atoms with Gasteiger partial charge < -0.3 is 21.3 Å². The molecule has 1 saturated heterocycles. The minimum atomic E-state index is -0.580. The average molecular weight is 483 g/mol. The fourth-order valence-corrected chi connectivity index (χ4v) is 4.34. The van der Waals surface area contributed by atoms with Crippen LogP contribution in [0.4, 0.5) is 0 Å². The number of primary amides is 1. The van der Waals surface area contributed by atoms with E-state index in [1.54, 1.807) is 4.90 Å².